The van der Waals surface area contributed by atoms with Gasteiger partial charge in [-0.05, 0) is 64.8 Å². The molecule has 0 saturated carbocycles. The number of hydrogen-bond donors (Lipinski definition) is 2. The molecule has 0 aliphatic carbocycles. The molecule has 0 aromatic heterocycles. The summed E-state index contributed by atoms with van der Waals surface area (Å²) >= 11 is 3.22. The molecule has 0 aliphatic heterocycles. The fourth-order valence-electron chi connectivity index (χ4n) is 1.77. The Morgan fingerprint density at radius 2 is 2.09 bits per heavy atom. The summed E-state index contributed by atoms with van der Waals surface area (Å²) in [5.74, 6) is -0.556. The van der Waals surface area contributed by atoms with Crippen molar-refractivity contribution in [2.45, 2.75) is 6.92 Å². The number of hydrogen-bond acceptors (Lipinski definition) is 4. The molecule has 0 aliphatic rings. The summed E-state index contributed by atoms with van der Waals surface area (Å²) in [6, 6.07) is 8.35. The number of nitrogens with one attached hydrogen (secondary N) is 1. The number of nitrogens with zero attached hydrogens (tertiary/aromatic N) is 1. The van der Waals surface area contributed by atoms with Crippen molar-refractivity contribution in [1.29, 1.82) is 0 Å². The van der Waals surface area contributed by atoms with Crippen LogP contribution in [0, 0.1) is 5.82 Å². The van der Waals surface area contributed by atoms with Gasteiger partial charge in [0.05, 0.1) is 17.3 Å². The van der Waals surface area contributed by atoms with Crippen molar-refractivity contribution in [3.05, 3.63) is 57.8 Å². The number of phenols is 1. The van der Waals surface area contributed by atoms with Gasteiger partial charge in [-0.15, -0.1) is 0 Å². The van der Waals surface area contributed by atoms with Gasteiger partial charge in [0.25, 0.3) is 5.91 Å². The zero-order valence-corrected chi connectivity index (χ0v) is 13.8. The molecule has 0 bridgehead atoms. The van der Waals surface area contributed by atoms with Crippen LogP contribution in [0.2, 0.25) is 0 Å². The number of benzene rings is 2. The highest BCUT2D eigenvalue weighted by Gasteiger charge is 2.08. The van der Waals surface area contributed by atoms with E-state index in [1.807, 2.05) is 0 Å². The summed E-state index contributed by atoms with van der Waals surface area (Å²) < 4.78 is 18.6. The van der Waals surface area contributed by atoms with Crippen molar-refractivity contribution in [2.24, 2.45) is 5.10 Å². The monoisotopic (exact) mass is 380 g/mol. The maximum Gasteiger partial charge on any atom is 0.271 e. The second kappa shape index (κ2) is 7.73. The van der Waals surface area contributed by atoms with Crippen molar-refractivity contribution < 1.29 is 19.0 Å². The van der Waals surface area contributed by atoms with Gasteiger partial charge in [-0.3, -0.25) is 4.79 Å². The van der Waals surface area contributed by atoms with Crippen LogP contribution in [-0.2, 0) is 0 Å². The highest BCUT2D eigenvalue weighted by atomic mass is 79.9. The molecule has 7 heteroatoms. The van der Waals surface area contributed by atoms with Crippen LogP contribution in [0.1, 0.15) is 22.8 Å². The number of halogens is 2. The quantitative estimate of drug-likeness (QED) is 0.616. The van der Waals surface area contributed by atoms with Crippen molar-refractivity contribution in [3.63, 3.8) is 0 Å². The van der Waals surface area contributed by atoms with Crippen molar-refractivity contribution in [1.82, 2.24) is 5.43 Å². The van der Waals surface area contributed by atoms with Crippen LogP contribution in [0.5, 0.6) is 11.5 Å². The number of phenolic OH excluding ortho intramolecular Hbond substituents is 1. The van der Waals surface area contributed by atoms with E-state index in [9.17, 15) is 14.3 Å². The van der Waals surface area contributed by atoms with Gasteiger partial charge >= 0.3 is 0 Å². The van der Waals surface area contributed by atoms with Gasteiger partial charge in [-0.1, -0.05) is 0 Å². The third-order valence-electron chi connectivity index (χ3n) is 2.84. The minimum atomic E-state index is -0.455. The lowest BCUT2D eigenvalue weighted by atomic mass is 10.2. The summed E-state index contributed by atoms with van der Waals surface area (Å²) in [5.41, 5.74) is 3.26. The Kier molecular flexibility index (Phi) is 5.70. The second-order valence-electron chi connectivity index (χ2n) is 4.49. The van der Waals surface area contributed by atoms with Crippen LogP contribution in [0.3, 0.4) is 0 Å². The molecule has 2 aromatic carbocycles. The van der Waals surface area contributed by atoms with E-state index < -0.39 is 11.7 Å². The Labute approximate surface area is 140 Å². The molecule has 2 aromatic rings. The van der Waals surface area contributed by atoms with Crippen molar-refractivity contribution in [2.75, 3.05) is 6.61 Å². The Balaban J connectivity index is 2.08. The van der Waals surface area contributed by atoms with E-state index in [1.54, 1.807) is 19.1 Å². The third-order valence-corrected chi connectivity index (χ3v) is 3.44. The molecule has 0 unspecified atom stereocenters. The standard InChI is InChI=1S/C16H14BrFN2O3/c1-2-23-14-8-10(7-13(17)15(14)21)9-19-20-16(22)11-3-5-12(18)6-4-11/h3-9,21H,2H2,1H3,(H,20,22)/b19-9+. The molecular formula is C16H14BrFN2O3. The lowest BCUT2D eigenvalue weighted by Crippen LogP contribution is -2.17. The van der Waals surface area contributed by atoms with Gasteiger partial charge in [0.2, 0.25) is 0 Å². The Bertz CT molecular complexity index is 733. The largest absolute Gasteiger partial charge is 0.503 e. The highest BCUT2D eigenvalue weighted by molar-refractivity contribution is 9.10. The zero-order valence-electron chi connectivity index (χ0n) is 12.2. The number of aromatic hydroxyl groups is 1. The number of ether oxygens (including phenoxy) is 1. The zero-order chi connectivity index (χ0) is 16.8. The van der Waals surface area contributed by atoms with Gasteiger partial charge in [-0.25, -0.2) is 9.82 Å². The highest BCUT2D eigenvalue weighted by Crippen LogP contribution is 2.34. The van der Waals surface area contributed by atoms with Gasteiger partial charge in [-0.2, -0.15) is 5.10 Å². The molecule has 2 rings (SSSR count). The summed E-state index contributed by atoms with van der Waals surface area (Å²) in [5, 5.41) is 13.7. The van der Waals surface area contributed by atoms with E-state index in [0.717, 1.165) is 0 Å². The van der Waals surface area contributed by atoms with Crippen LogP contribution in [0.25, 0.3) is 0 Å². The molecule has 1 amide bonds. The van der Waals surface area contributed by atoms with Crippen molar-refractivity contribution >= 4 is 28.1 Å². The molecule has 0 saturated heterocycles. The Morgan fingerprint density at radius 1 is 1.39 bits per heavy atom. The van der Waals surface area contributed by atoms with Gasteiger partial charge < -0.3 is 9.84 Å². The molecule has 0 heterocycles. The summed E-state index contributed by atoms with van der Waals surface area (Å²) in [6.07, 6.45) is 1.41. The normalized spacial score (nSPS) is 10.7. The third kappa shape index (κ3) is 4.53. The number of rotatable bonds is 5. The SMILES string of the molecule is CCOc1cc(/C=N/NC(=O)c2ccc(F)cc2)cc(Br)c1O. The molecule has 0 radical (unpaired) electrons. The number of carbonyl (C=O) groups excluding carboxylic acids is 1. The van der Waals surface area contributed by atoms with Gasteiger partial charge in [0.1, 0.15) is 5.82 Å². The molecule has 0 atom stereocenters. The average Bonchev–Trinajstić information content (AvgIpc) is 2.53. The predicted molar refractivity (Wildman–Crippen MR) is 88.4 cm³/mol. The summed E-state index contributed by atoms with van der Waals surface area (Å²) in [7, 11) is 0. The Hall–Kier alpha value is -2.41. The number of carbonyl (C=O) groups is 1. The van der Waals surface area contributed by atoms with E-state index in [1.165, 1.54) is 30.5 Å². The van der Waals surface area contributed by atoms with E-state index in [4.69, 9.17) is 4.74 Å². The van der Waals surface area contributed by atoms with Crippen LogP contribution in [0.15, 0.2) is 46.0 Å². The molecule has 2 N–H and O–H groups in total. The molecule has 5 nitrogen and oxygen atoms in total. The first-order chi connectivity index (χ1) is 11.0. The van der Waals surface area contributed by atoms with Gasteiger partial charge in [0.15, 0.2) is 11.5 Å². The fourth-order valence-corrected chi connectivity index (χ4v) is 2.22. The van der Waals surface area contributed by atoms with Crippen LogP contribution in [-0.4, -0.2) is 23.8 Å². The fraction of sp³-hybridized carbons (Fsp3) is 0.125. The molecule has 0 spiro atoms. The minimum absolute atomic E-state index is 0.000604. The molecule has 23 heavy (non-hydrogen) atoms. The van der Waals surface area contributed by atoms with Crippen LogP contribution >= 0.6 is 15.9 Å². The first-order valence-corrected chi connectivity index (χ1v) is 7.55. The number of hydrazone groups is 1. The molecular weight excluding hydrogens is 367 g/mol. The van der Waals surface area contributed by atoms with E-state index in [-0.39, 0.29) is 5.75 Å². The predicted octanol–water partition coefficient (Wildman–Crippen LogP) is 3.46. The van der Waals surface area contributed by atoms with Gasteiger partial charge in [0, 0.05) is 5.56 Å². The minimum Gasteiger partial charge on any atom is -0.503 e. The summed E-state index contributed by atoms with van der Waals surface area (Å²) in [4.78, 5) is 11.8. The van der Waals surface area contributed by atoms with E-state index in [0.29, 0.717) is 28.0 Å². The molecule has 120 valence electrons. The van der Waals surface area contributed by atoms with Crippen LogP contribution < -0.4 is 10.2 Å². The lowest BCUT2D eigenvalue weighted by molar-refractivity contribution is 0.0955. The van der Waals surface area contributed by atoms with E-state index in [2.05, 4.69) is 26.5 Å². The number of amides is 1. The maximum absolute atomic E-state index is 12.8. The smallest absolute Gasteiger partial charge is 0.271 e. The first-order valence-electron chi connectivity index (χ1n) is 6.75. The lowest BCUT2D eigenvalue weighted by Gasteiger charge is -2.08. The second-order valence-corrected chi connectivity index (χ2v) is 5.34. The van der Waals surface area contributed by atoms with Crippen molar-refractivity contribution in [3.8, 4) is 11.5 Å². The maximum atomic E-state index is 12.8. The van der Waals surface area contributed by atoms with Crippen LogP contribution in [0.4, 0.5) is 4.39 Å². The molecule has 0 fully saturated rings. The first kappa shape index (κ1) is 17.0. The average molecular weight is 381 g/mol. The summed E-state index contributed by atoms with van der Waals surface area (Å²) in [6.45, 7) is 2.21. The topological polar surface area (TPSA) is 70.9 Å². The Morgan fingerprint density at radius 3 is 2.74 bits per heavy atom. The van der Waals surface area contributed by atoms with E-state index >= 15 is 0 Å².